The third kappa shape index (κ3) is 5.10. The lowest BCUT2D eigenvalue weighted by atomic mass is 10.0. The monoisotopic (exact) mass is 468 g/mol. The van der Waals surface area contributed by atoms with Crippen LogP contribution in [0.4, 0.5) is 0 Å². The van der Waals surface area contributed by atoms with Crippen LogP contribution in [0, 0.1) is 22.8 Å². The summed E-state index contributed by atoms with van der Waals surface area (Å²) >= 11 is 0. The van der Waals surface area contributed by atoms with Gasteiger partial charge in [0.2, 0.25) is 0 Å². The van der Waals surface area contributed by atoms with Crippen LogP contribution in [-0.2, 0) is 0 Å². The van der Waals surface area contributed by atoms with Gasteiger partial charge in [-0.2, -0.15) is 15.6 Å². The first-order valence-electron chi connectivity index (χ1n) is 11.7. The first kappa shape index (κ1) is 23.8. The number of nitrogens with two attached hydrogens (primary N) is 1. The number of fused-ring (bicyclic) bond motifs is 1. The van der Waals surface area contributed by atoms with Gasteiger partial charge in [-0.1, -0.05) is 13.0 Å². The molecule has 35 heavy (non-hydrogen) atoms. The van der Waals surface area contributed by atoms with Crippen LogP contribution < -0.4 is 10.5 Å². The van der Waals surface area contributed by atoms with Gasteiger partial charge in [-0.25, -0.2) is 4.52 Å². The van der Waals surface area contributed by atoms with E-state index < -0.39 is 0 Å². The molecule has 0 radical (unpaired) electrons. The van der Waals surface area contributed by atoms with Gasteiger partial charge in [0, 0.05) is 48.5 Å². The van der Waals surface area contributed by atoms with Crippen LogP contribution in [0.2, 0.25) is 0 Å². The molecule has 9 heteroatoms. The Bertz CT molecular complexity index is 1320. The van der Waals surface area contributed by atoms with Crippen LogP contribution in [0.15, 0.2) is 54.0 Å². The highest BCUT2D eigenvalue weighted by Crippen LogP contribution is 2.32. The maximum absolute atomic E-state index is 9.64. The van der Waals surface area contributed by atoms with Gasteiger partial charge in [0.15, 0.2) is 6.19 Å². The summed E-state index contributed by atoms with van der Waals surface area (Å²) in [5.41, 5.74) is 10.3. The number of hydrogen-bond acceptors (Lipinski definition) is 8. The summed E-state index contributed by atoms with van der Waals surface area (Å²) in [6.45, 7) is 5.38. The second-order valence-corrected chi connectivity index (χ2v) is 8.44. The summed E-state index contributed by atoms with van der Waals surface area (Å²) in [6.07, 6.45) is 10.9. The zero-order valence-corrected chi connectivity index (χ0v) is 19.9. The fourth-order valence-electron chi connectivity index (χ4n) is 4.34. The molecule has 0 amide bonds. The molecule has 4 heterocycles. The van der Waals surface area contributed by atoms with Crippen molar-refractivity contribution in [2.45, 2.75) is 45.3 Å². The number of rotatable bonds is 7. The Morgan fingerprint density at radius 3 is 2.77 bits per heavy atom. The second-order valence-electron chi connectivity index (χ2n) is 8.44. The second kappa shape index (κ2) is 10.7. The van der Waals surface area contributed by atoms with Crippen LogP contribution >= 0.6 is 0 Å². The summed E-state index contributed by atoms with van der Waals surface area (Å²) in [4.78, 5) is 11.1. The highest BCUT2D eigenvalue weighted by molar-refractivity contribution is 6.22. The molecule has 178 valence electrons. The molecule has 4 rings (SSSR count). The number of piperidine rings is 1. The number of hydrogen-bond donors (Lipinski definition) is 1. The quantitative estimate of drug-likeness (QED) is 0.412. The van der Waals surface area contributed by atoms with Crippen LogP contribution in [0.5, 0.6) is 5.75 Å². The third-order valence-corrected chi connectivity index (χ3v) is 6.20. The number of aromatic nitrogens is 3. The van der Waals surface area contributed by atoms with E-state index in [1.165, 1.54) is 6.20 Å². The van der Waals surface area contributed by atoms with E-state index in [0.29, 0.717) is 36.3 Å². The van der Waals surface area contributed by atoms with E-state index in [9.17, 15) is 5.26 Å². The molecule has 0 aromatic carbocycles. The first-order chi connectivity index (χ1) is 17.1. The van der Waals surface area contributed by atoms with Crippen LogP contribution in [0.3, 0.4) is 0 Å². The normalized spacial score (nSPS) is 16.1. The molecule has 1 atom stereocenters. The number of aliphatic imine (C=N–C) groups is 1. The van der Waals surface area contributed by atoms with E-state index in [2.05, 4.69) is 22.3 Å². The molecule has 0 aliphatic carbocycles. The van der Waals surface area contributed by atoms with E-state index in [1.54, 1.807) is 21.8 Å². The Labute approximate surface area is 204 Å². The van der Waals surface area contributed by atoms with Crippen molar-refractivity contribution in [1.29, 1.82) is 10.5 Å². The lowest BCUT2D eigenvalue weighted by Crippen LogP contribution is -2.32. The topological polar surface area (TPSA) is 129 Å². The zero-order chi connectivity index (χ0) is 24.8. The van der Waals surface area contributed by atoms with E-state index in [-0.39, 0.29) is 12.1 Å². The minimum absolute atomic E-state index is 0.137. The maximum atomic E-state index is 9.64. The minimum Gasteiger partial charge on any atom is -0.482 e. The standard InChI is InChI=1S/C26H28N8O/c1-3-24(23-6-4-5-9-30-23)35-25-12-19(16-34-26(25)20(13-27)15-31-34)22(14-28)18(2)32-21-7-10-33(17-29)11-8-21/h4-6,9,12,14-16,21,24H,3,7-8,10-11,28H2,1-2H3/b22-14+,32-18?. The highest BCUT2D eigenvalue weighted by Gasteiger charge is 2.21. The van der Waals surface area contributed by atoms with Crippen molar-refractivity contribution >= 4 is 16.8 Å². The maximum Gasteiger partial charge on any atom is 0.179 e. The van der Waals surface area contributed by atoms with Gasteiger partial charge < -0.3 is 15.4 Å². The van der Waals surface area contributed by atoms with E-state index >= 15 is 0 Å². The van der Waals surface area contributed by atoms with Crippen LogP contribution in [-0.4, -0.2) is 44.3 Å². The molecule has 1 fully saturated rings. The van der Waals surface area contributed by atoms with E-state index in [4.69, 9.17) is 20.7 Å². The molecule has 0 bridgehead atoms. The molecule has 1 aliphatic heterocycles. The zero-order valence-electron chi connectivity index (χ0n) is 19.9. The van der Waals surface area contributed by atoms with Gasteiger partial charge in [0.1, 0.15) is 29.0 Å². The Kier molecular flexibility index (Phi) is 7.27. The number of nitrogens with zero attached hydrogens (tertiary/aromatic N) is 7. The number of allylic oxidation sites excluding steroid dienone is 1. The highest BCUT2D eigenvalue weighted by atomic mass is 16.5. The SMILES string of the molecule is CCC(Oc1cc(/C(=C/N)C(C)=NC2CCN(C#N)CC2)cn2ncc(C#N)c12)c1ccccn1. The summed E-state index contributed by atoms with van der Waals surface area (Å²) in [5, 5.41) is 23.1. The lowest BCUT2D eigenvalue weighted by Gasteiger charge is -2.26. The Hall–Kier alpha value is -4.37. The van der Waals surface area contributed by atoms with E-state index in [0.717, 1.165) is 35.4 Å². The molecule has 2 N–H and O–H groups in total. The molecule has 1 saturated heterocycles. The van der Waals surface area contributed by atoms with Gasteiger partial charge in [0.25, 0.3) is 0 Å². The Morgan fingerprint density at radius 1 is 1.34 bits per heavy atom. The van der Waals surface area contributed by atoms with Crippen molar-refractivity contribution in [2.24, 2.45) is 10.7 Å². The summed E-state index contributed by atoms with van der Waals surface area (Å²) in [7, 11) is 0. The van der Waals surface area contributed by atoms with Gasteiger partial charge in [-0.15, -0.1) is 0 Å². The largest absolute Gasteiger partial charge is 0.482 e. The average Bonchev–Trinajstić information content (AvgIpc) is 3.32. The van der Waals surface area contributed by atoms with Gasteiger partial charge >= 0.3 is 0 Å². The van der Waals surface area contributed by atoms with Gasteiger partial charge in [-0.05, 0) is 44.4 Å². The number of likely N-dealkylation sites (tertiary alicyclic amines) is 1. The molecule has 0 spiro atoms. The van der Waals surface area contributed by atoms with Crippen LogP contribution in [0.25, 0.3) is 11.1 Å². The summed E-state index contributed by atoms with van der Waals surface area (Å²) in [6, 6.07) is 9.94. The number of nitriles is 2. The van der Waals surface area contributed by atoms with Crippen molar-refractivity contribution < 1.29 is 4.74 Å². The molecule has 1 unspecified atom stereocenters. The van der Waals surface area contributed by atoms with Crippen molar-refractivity contribution in [2.75, 3.05) is 13.1 Å². The van der Waals surface area contributed by atoms with Gasteiger partial charge in [0.05, 0.1) is 17.9 Å². The first-order valence-corrected chi connectivity index (χ1v) is 11.7. The average molecular weight is 469 g/mol. The predicted octanol–water partition coefficient (Wildman–Crippen LogP) is 3.84. The fourth-order valence-corrected chi connectivity index (χ4v) is 4.34. The molecule has 3 aromatic heterocycles. The molecular weight excluding hydrogens is 440 g/mol. The van der Waals surface area contributed by atoms with Crippen molar-refractivity contribution in [1.82, 2.24) is 19.5 Å². The smallest absolute Gasteiger partial charge is 0.179 e. The molecular formula is C26H28N8O. The van der Waals surface area contributed by atoms with Gasteiger partial charge in [-0.3, -0.25) is 9.98 Å². The van der Waals surface area contributed by atoms with E-state index in [1.807, 2.05) is 44.3 Å². The number of ether oxygens (including phenoxy) is 1. The fraction of sp³-hybridized carbons (Fsp3) is 0.346. The Morgan fingerprint density at radius 2 is 2.14 bits per heavy atom. The predicted molar refractivity (Wildman–Crippen MR) is 133 cm³/mol. The number of pyridine rings is 2. The molecule has 9 nitrogen and oxygen atoms in total. The molecule has 0 saturated carbocycles. The Balaban J connectivity index is 1.71. The summed E-state index contributed by atoms with van der Waals surface area (Å²) < 4.78 is 8.08. The van der Waals surface area contributed by atoms with Crippen LogP contribution in [0.1, 0.15) is 56.0 Å². The summed E-state index contributed by atoms with van der Waals surface area (Å²) in [5.74, 6) is 0.531. The lowest BCUT2D eigenvalue weighted by molar-refractivity contribution is 0.198. The molecule has 3 aromatic rings. The third-order valence-electron chi connectivity index (χ3n) is 6.20. The molecule has 1 aliphatic rings. The minimum atomic E-state index is -0.290. The van der Waals surface area contributed by atoms with Crippen molar-refractivity contribution in [3.63, 3.8) is 0 Å². The van der Waals surface area contributed by atoms with Crippen molar-refractivity contribution in [3.8, 4) is 18.0 Å². The van der Waals surface area contributed by atoms with Crippen molar-refractivity contribution in [3.05, 3.63) is 65.9 Å².